The van der Waals surface area contributed by atoms with E-state index in [4.69, 9.17) is 0 Å². The summed E-state index contributed by atoms with van der Waals surface area (Å²) in [6.07, 6.45) is 0. The number of nitrogens with one attached hydrogen (secondary N) is 1. The van der Waals surface area contributed by atoms with Gasteiger partial charge in [0.25, 0.3) is 0 Å². The summed E-state index contributed by atoms with van der Waals surface area (Å²) in [5.41, 5.74) is 0. The van der Waals surface area contributed by atoms with E-state index in [2.05, 4.69) is 5.32 Å². The van der Waals surface area contributed by atoms with Gasteiger partial charge in [-0.05, 0) is 0 Å². The summed E-state index contributed by atoms with van der Waals surface area (Å²) in [5, 5.41) is 3.04. The zero-order valence-corrected chi connectivity index (χ0v) is 7.56. The summed E-state index contributed by atoms with van der Waals surface area (Å²) < 4.78 is 0. The van der Waals surface area contributed by atoms with E-state index >= 15 is 0 Å². The van der Waals surface area contributed by atoms with E-state index in [9.17, 15) is 9.59 Å². The van der Waals surface area contributed by atoms with E-state index in [0.717, 1.165) is 0 Å². The molecule has 2 fully saturated rings. The molecule has 12 heavy (non-hydrogen) atoms. The van der Waals surface area contributed by atoms with Gasteiger partial charge in [0.1, 0.15) is 0 Å². The van der Waals surface area contributed by atoms with Crippen molar-refractivity contribution in [2.75, 3.05) is 20.1 Å². The fraction of sp³-hybridized carbons (Fsp3) is 0.714. The molecule has 2 atom stereocenters. The molecule has 0 aromatic rings. The highest BCUT2D eigenvalue weighted by molar-refractivity contribution is 6.05. The lowest BCUT2D eigenvalue weighted by Gasteiger charge is -2.07. The summed E-state index contributed by atoms with van der Waals surface area (Å²) in [7, 11) is 1.56. The number of carbonyl (C=O) groups excluding carboxylic acids is 2. The number of nitrogens with zero attached hydrogens (tertiary/aromatic N) is 1. The van der Waals surface area contributed by atoms with Gasteiger partial charge < -0.3 is 5.32 Å². The molecule has 0 spiro atoms. The zero-order valence-electron chi connectivity index (χ0n) is 6.74. The Hall–Kier alpha value is -0.610. The van der Waals surface area contributed by atoms with Crippen LogP contribution in [-0.4, -0.2) is 36.9 Å². The second kappa shape index (κ2) is 3.03. The van der Waals surface area contributed by atoms with Crippen molar-refractivity contribution in [3.8, 4) is 0 Å². The highest BCUT2D eigenvalue weighted by atomic mass is 35.5. The van der Waals surface area contributed by atoms with Crippen LogP contribution in [0.2, 0.25) is 0 Å². The van der Waals surface area contributed by atoms with E-state index < -0.39 is 0 Å². The van der Waals surface area contributed by atoms with Gasteiger partial charge in [-0.1, -0.05) is 0 Å². The molecule has 0 bridgehead atoms. The van der Waals surface area contributed by atoms with Crippen LogP contribution < -0.4 is 5.32 Å². The van der Waals surface area contributed by atoms with Gasteiger partial charge in [-0.2, -0.15) is 0 Å². The lowest BCUT2D eigenvalue weighted by Crippen LogP contribution is -2.30. The minimum absolute atomic E-state index is 0. The minimum Gasteiger partial charge on any atom is -0.315 e. The normalized spacial score (nSPS) is 33.6. The van der Waals surface area contributed by atoms with Crippen LogP contribution in [0.5, 0.6) is 0 Å². The van der Waals surface area contributed by atoms with E-state index in [1.807, 2.05) is 0 Å². The molecule has 2 aliphatic heterocycles. The Balaban J connectivity index is 0.000000720. The van der Waals surface area contributed by atoms with Gasteiger partial charge >= 0.3 is 0 Å². The fourth-order valence-corrected chi connectivity index (χ4v) is 1.80. The Labute approximate surface area is 76.7 Å². The zero-order chi connectivity index (χ0) is 8.01. The van der Waals surface area contributed by atoms with Gasteiger partial charge in [-0.15, -0.1) is 12.4 Å². The van der Waals surface area contributed by atoms with Gasteiger partial charge in [0.2, 0.25) is 11.8 Å². The first kappa shape index (κ1) is 9.48. The summed E-state index contributed by atoms with van der Waals surface area (Å²) in [4.78, 5) is 23.8. The highest BCUT2D eigenvalue weighted by Crippen LogP contribution is 2.27. The maximum absolute atomic E-state index is 11.3. The molecule has 0 unspecified atom stereocenters. The van der Waals surface area contributed by atoms with Crippen LogP contribution in [0.1, 0.15) is 0 Å². The van der Waals surface area contributed by atoms with E-state index in [1.54, 1.807) is 7.05 Å². The number of likely N-dealkylation sites (tertiary alicyclic amines) is 1. The van der Waals surface area contributed by atoms with Gasteiger partial charge in [-0.3, -0.25) is 14.5 Å². The van der Waals surface area contributed by atoms with Gasteiger partial charge in [0.15, 0.2) is 0 Å². The molecule has 2 amide bonds. The Kier molecular flexibility index (Phi) is 2.39. The molecular formula is C7H11ClN2O2. The third kappa shape index (κ3) is 1.03. The number of halogens is 1. The number of fused-ring (bicyclic) bond motifs is 1. The Morgan fingerprint density at radius 1 is 1.25 bits per heavy atom. The van der Waals surface area contributed by atoms with Gasteiger partial charge in [-0.25, -0.2) is 0 Å². The maximum Gasteiger partial charge on any atom is 0.234 e. The molecule has 2 saturated heterocycles. The van der Waals surface area contributed by atoms with Crippen molar-refractivity contribution in [1.29, 1.82) is 0 Å². The number of amides is 2. The molecular weight excluding hydrogens is 180 g/mol. The molecule has 5 heteroatoms. The minimum atomic E-state index is -0.0764. The topological polar surface area (TPSA) is 49.4 Å². The van der Waals surface area contributed by atoms with Crippen LogP contribution in [0.25, 0.3) is 0 Å². The van der Waals surface area contributed by atoms with Crippen molar-refractivity contribution in [3.05, 3.63) is 0 Å². The smallest absolute Gasteiger partial charge is 0.234 e. The Morgan fingerprint density at radius 3 is 2.08 bits per heavy atom. The quantitative estimate of drug-likeness (QED) is 0.511. The average molecular weight is 191 g/mol. The van der Waals surface area contributed by atoms with Crippen molar-refractivity contribution >= 4 is 24.2 Å². The summed E-state index contributed by atoms with van der Waals surface area (Å²) >= 11 is 0. The van der Waals surface area contributed by atoms with Crippen LogP contribution in [0.15, 0.2) is 0 Å². The van der Waals surface area contributed by atoms with Crippen LogP contribution in [0.3, 0.4) is 0 Å². The van der Waals surface area contributed by atoms with Gasteiger partial charge in [0.05, 0.1) is 11.8 Å². The summed E-state index contributed by atoms with van der Waals surface area (Å²) in [6, 6.07) is 0. The van der Waals surface area contributed by atoms with Crippen LogP contribution >= 0.6 is 12.4 Å². The van der Waals surface area contributed by atoms with Crippen molar-refractivity contribution in [2.24, 2.45) is 11.8 Å². The SMILES string of the molecule is CN1C(=O)[C@H]2CNC[C@H]2C1=O.Cl. The summed E-state index contributed by atoms with van der Waals surface area (Å²) in [6.45, 7) is 1.33. The maximum atomic E-state index is 11.3. The number of imide groups is 1. The molecule has 0 radical (unpaired) electrons. The lowest BCUT2D eigenvalue weighted by atomic mass is 10.00. The number of rotatable bonds is 0. The molecule has 68 valence electrons. The first-order valence-corrected chi connectivity index (χ1v) is 3.74. The predicted molar refractivity (Wildman–Crippen MR) is 44.9 cm³/mol. The molecule has 2 heterocycles. The van der Waals surface area contributed by atoms with Crippen molar-refractivity contribution in [3.63, 3.8) is 0 Å². The third-order valence-electron chi connectivity index (χ3n) is 2.51. The van der Waals surface area contributed by atoms with Crippen LogP contribution in [0.4, 0.5) is 0 Å². The number of hydrogen-bond acceptors (Lipinski definition) is 3. The molecule has 2 rings (SSSR count). The first-order valence-electron chi connectivity index (χ1n) is 3.74. The molecule has 0 aliphatic carbocycles. The molecule has 0 aromatic carbocycles. The number of carbonyl (C=O) groups is 2. The standard InChI is InChI=1S/C7H10N2O2.ClH/c1-9-6(10)4-2-8-3-5(4)7(9)11;/h4-5,8H,2-3H2,1H3;1H/t4-,5+;. The average Bonchev–Trinajstić information content (AvgIpc) is 2.53. The third-order valence-corrected chi connectivity index (χ3v) is 2.51. The first-order chi connectivity index (χ1) is 5.22. The lowest BCUT2D eigenvalue weighted by molar-refractivity contribution is -0.138. The highest BCUT2D eigenvalue weighted by Gasteiger charge is 2.48. The Bertz CT molecular complexity index is 209. The fourth-order valence-electron chi connectivity index (χ4n) is 1.80. The number of hydrogen-bond donors (Lipinski definition) is 1. The largest absolute Gasteiger partial charge is 0.315 e. The molecule has 1 N–H and O–H groups in total. The summed E-state index contributed by atoms with van der Waals surface area (Å²) in [5.74, 6) is -0.199. The monoisotopic (exact) mass is 190 g/mol. The molecule has 4 nitrogen and oxygen atoms in total. The van der Waals surface area contributed by atoms with Crippen LogP contribution in [-0.2, 0) is 9.59 Å². The predicted octanol–water partition coefficient (Wildman–Crippen LogP) is -0.758. The Morgan fingerprint density at radius 2 is 1.67 bits per heavy atom. The second-order valence-electron chi connectivity index (χ2n) is 3.11. The molecule has 0 aromatic heterocycles. The van der Waals surface area contributed by atoms with Gasteiger partial charge in [0, 0.05) is 20.1 Å². The van der Waals surface area contributed by atoms with E-state index in [1.165, 1.54) is 4.90 Å². The van der Waals surface area contributed by atoms with E-state index in [0.29, 0.717) is 13.1 Å². The second-order valence-corrected chi connectivity index (χ2v) is 3.11. The van der Waals surface area contributed by atoms with E-state index in [-0.39, 0.29) is 36.1 Å². The van der Waals surface area contributed by atoms with Crippen molar-refractivity contribution < 1.29 is 9.59 Å². The molecule has 0 saturated carbocycles. The van der Waals surface area contributed by atoms with Crippen molar-refractivity contribution in [1.82, 2.24) is 10.2 Å². The molecule has 2 aliphatic rings. The van der Waals surface area contributed by atoms with Crippen LogP contribution in [0, 0.1) is 11.8 Å². The van der Waals surface area contributed by atoms with Crippen molar-refractivity contribution in [2.45, 2.75) is 0 Å².